The molecule has 0 radical (unpaired) electrons. The monoisotopic (exact) mass is 263 g/mol. The van der Waals surface area contributed by atoms with E-state index in [4.69, 9.17) is 0 Å². The van der Waals surface area contributed by atoms with Crippen LogP contribution in [0.1, 0.15) is 36.8 Å². The van der Waals surface area contributed by atoms with Crippen LogP contribution in [0.5, 0.6) is 0 Å². The summed E-state index contributed by atoms with van der Waals surface area (Å²) in [6.45, 7) is 4.05. The summed E-state index contributed by atoms with van der Waals surface area (Å²) < 4.78 is 13.2. The molecule has 0 bridgehead atoms. The van der Waals surface area contributed by atoms with Crippen LogP contribution in [-0.2, 0) is 6.42 Å². The van der Waals surface area contributed by atoms with Gasteiger partial charge < -0.3 is 5.11 Å². The van der Waals surface area contributed by atoms with E-state index in [1.165, 1.54) is 18.9 Å². The maximum Gasteiger partial charge on any atom is 0.123 e. The van der Waals surface area contributed by atoms with Gasteiger partial charge in [-0.15, -0.1) is 0 Å². The molecule has 19 heavy (non-hydrogen) atoms. The molecule has 3 rings (SSSR count). The van der Waals surface area contributed by atoms with E-state index in [9.17, 15) is 9.50 Å². The molecule has 0 aromatic heterocycles. The Kier molecular flexibility index (Phi) is 3.35. The molecule has 1 N–H and O–H groups in total. The van der Waals surface area contributed by atoms with E-state index in [0.717, 1.165) is 37.1 Å². The van der Waals surface area contributed by atoms with E-state index < -0.39 is 5.60 Å². The van der Waals surface area contributed by atoms with Crippen LogP contribution in [0.2, 0.25) is 0 Å². The molecule has 2 unspecified atom stereocenters. The summed E-state index contributed by atoms with van der Waals surface area (Å²) in [7, 11) is 0. The lowest BCUT2D eigenvalue weighted by Crippen LogP contribution is -2.48. The fraction of sp³-hybridized carbons (Fsp3) is 0.625. The van der Waals surface area contributed by atoms with Crippen molar-refractivity contribution in [3.63, 3.8) is 0 Å². The van der Waals surface area contributed by atoms with E-state index in [2.05, 4.69) is 4.90 Å². The smallest absolute Gasteiger partial charge is 0.123 e. The summed E-state index contributed by atoms with van der Waals surface area (Å²) >= 11 is 0. The second kappa shape index (κ2) is 4.88. The molecule has 1 aromatic carbocycles. The van der Waals surface area contributed by atoms with Crippen LogP contribution in [0.4, 0.5) is 4.39 Å². The van der Waals surface area contributed by atoms with Gasteiger partial charge in [-0.05, 0) is 56.0 Å². The predicted molar refractivity (Wildman–Crippen MR) is 73.6 cm³/mol. The van der Waals surface area contributed by atoms with Gasteiger partial charge >= 0.3 is 0 Å². The van der Waals surface area contributed by atoms with Crippen molar-refractivity contribution < 1.29 is 9.50 Å². The molecule has 2 aliphatic heterocycles. The number of rotatable bonds is 2. The van der Waals surface area contributed by atoms with Crippen LogP contribution >= 0.6 is 0 Å². The molecule has 0 spiro atoms. The van der Waals surface area contributed by atoms with E-state index in [0.29, 0.717) is 12.5 Å². The van der Waals surface area contributed by atoms with Gasteiger partial charge in [0.15, 0.2) is 0 Å². The van der Waals surface area contributed by atoms with Gasteiger partial charge in [0.05, 0.1) is 5.60 Å². The van der Waals surface area contributed by atoms with Gasteiger partial charge in [-0.2, -0.15) is 0 Å². The number of piperidine rings is 1. The first kappa shape index (κ1) is 13.1. The number of halogens is 1. The third-order valence-electron chi connectivity index (χ3n) is 4.87. The van der Waals surface area contributed by atoms with Gasteiger partial charge in [0.25, 0.3) is 0 Å². The second-order valence-corrected chi connectivity index (χ2v) is 6.15. The average Bonchev–Trinajstić information content (AvgIpc) is 2.72. The summed E-state index contributed by atoms with van der Waals surface area (Å²) in [4.78, 5) is 2.43. The molecule has 3 heteroatoms. The molecule has 2 fully saturated rings. The Balaban J connectivity index is 1.81. The van der Waals surface area contributed by atoms with Crippen molar-refractivity contribution in [3.05, 3.63) is 35.1 Å². The number of hydrogen-bond donors (Lipinski definition) is 1. The number of benzene rings is 1. The molecule has 104 valence electrons. The van der Waals surface area contributed by atoms with Gasteiger partial charge in [-0.25, -0.2) is 4.39 Å². The molecule has 2 atom stereocenters. The number of fused-ring (bicyclic) bond motifs is 1. The molecule has 2 nitrogen and oxygen atoms in total. The standard InChI is InChI=1S/C16H22FNO/c1-12-10-14(17)6-5-13(12)11-16(19)7-9-18-8-3-2-4-15(16)18/h5-6,10,15,19H,2-4,7-9,11H2,1H3. The maximum absolute atomic E-state index is 13.2. The number of aliphatic hydroxyl groups is 1. The highest BCUT2D eigenvalue weighted by Crippen LogP contribution is 2.37. The number of aryl methyl sites for hydroxylation is 1. The highest BCUT2D eigenvalue weighted by Gasteiger charge is 2.46. The van der Waals surface area contributed by atoms with E-state index >= 15 is 0 Å². The van der Waals surface area contributed by atoms with Crippen LogP contribution < -0.4 is 0 Å². The minimum atomic E-state index is -0.622. The molecule has 0 saturated carbocycles. The first-order valence-corrected chi connectivity index (χ1v) is 7.30. The zero-order chi connectivity index (χ0) is 13.5. The second-order valence-electron chi connectivity index (χ2n) is 6.15. The van der Waals surface area contributed by atoms with Crippen LogP contribution in [-0.4, -0.2) is 34.7 Å². The van der Waals surface area contributed by atoms with Crippen molar-refractivity contribution in [2.45, 2.75) is 50.7 Å². The number of nitrogens with zero attached hydrogens (tertiary/aromatic N) is 1. The van der Waals surface area contributed by atoms with Gasteiger partial charge in [0, 0.05) is 19.0 Å². The van der Waals surface area contributed by atoms with Crippen LogP contribution in [0, 0.1) is 12.7 Å². The number of hydrogen-bond acceptors (Lipinski definition) is 2. The fourth-order valence-electron chi connectivity index (χ4n) is 3.76. The quantitative estimate of drug-likeness (QED) is 0.886. The highest BCUT2D eigenvalue weighted by atomic mass is 19.1. The Hall–Kier alpha value is -0.930. The lowest BCUT2D eigenvalue weighted by molar-refractivity contribution is -0.00898. The Labute approximate surface area is 114 Å². The van der Waals surface area contributed by atoms with Crippen molar-refractivity contribution in [1.82, 2.24) is 4.90 Å². The minimum absolute atomic E-state index is 0.195. The Morgan fingerprint density at radius 1 is 1.37 bits per heavy atom. The zero-order valence-electron chi connectivity index (χ0n) is 11.5. The van der Waals surface area contributed by atoms with Gasteiger partial charge in [0.2, 0.25) is 0 Å². The van der Waals surface area contributed by atoms with Gasteiger partial charge in [-0.3, -0.25) is 4.90 Å². The van der Waals surface area contributed by atoms with E-state index in [1.54, 1.807) is 6.07 Å². The van der Waals surface area contributed by atoms with Crippen LogP contribution in [0.15, 0.2) is 18.2 Å². The van der Waals surface area contributed by atoms with Crippen LogP contribution in [0.25, 0.3) is 0 Å². The summed E-state index contributed by atoms with van der Waals surface area (Å²) in [6.07, 6.45) is 5.06. The average molecular weight is 263 g/mol. The SMILES string of the molecule is Cc1cc(F)ccc1CC1(O)CCN2CCCCC21. The predicted octanol–water partition coefficient (Wildman–Crippen LogP) is 2.67. The molecule has 0 aliphatic carbocycles. The van der Waals surface area contributed by atoms with Crippen molar-refractivity contribution in [2.75, 3.05) is 13.1 Å². The summed E-state index contributed by atoms with van der Waals surface area (Å²) in [6, 6.07) is 5.19. The third kappa shape index (κ3) is 2.41. The molecular weight excluding hydrogens is 241 g/mol. The van der Waals surface area contributed by atoms with Crippen molar-refractivity contribution in [2.24, 2.45) is 0 Å². The zero-order valence-corrected chi connectivity index (χ0v) is 11.5. The van der Waals surface area contributed by atoms with Crippen molar-refractivity contribution in [1.29, 1.82) is 0 Å². The van der Waals surface area contributed by atoms with Gasteiger partial charge in [0.1, 0.15) is 5.82 Å². The van der Waals surface area contributed by atoms with Crippen molar-refractivity contribution in [3.8, 4) is 0 Å². The minimum Gasteiger partial charge on any atom is -0.388 e. The van der Waals surface area contributed by atoms with Crippen molar-refractivity contribution >= 4 is 0 Å². The summed E-state index contributed by atoms with van der Waals surface area (Å²) in [5, 5.41) is 11.0. The largest absolute Gasteiger partial charge is 0.388 e. The molecular formula is C16H22FNO. The molecule has 1 aromatic rings. The van der Waals surface area contributed by atoms with Crippen LogP contribution in [0.3, 0.4) is 0 Å². The Morgan fingerprint density at radius 2 is 2.21 bits per heavy atom. The maximum atomic E-state index is 13.2. The van der Waals surface area contributed by atoms with E-state index in [1.807, 2.05) is 13.0 Å². The lowest BCUT2D eigenvalue weighted by atomic mass is 9.83. The molecule has 2 saturated heterocycles. The summed E-state index contributed by atoms with van der Waals surface area (Å²) in [5.41, 5.74) is 1.40. The van der Waals surface area contributed by atoms with E-state index in [-0.39, 0.29) is 5.82 Å². The molecule has 2 heterocycles. The molecule has 0 amide bonds. The first-order chi connectivity index (χ1) is 9.08. The first-order valence-electron chi connectivity index (χ1n) is 7.30. The highest BCUT2D eigenvalue weighted by molar-refractivity contribution is 5.29. The lowest BCUT2D eigenvalue weighted by Gasteiger charge is -2.37. The van der Waals surface area contributed by atoms with Gasteiger partial charge in [-0.1, -0.05) is 12.5 Å². The third-order valence-corrected chi connectivity index (χ3v) is 4.87. The normalized spacial score (nSPS) is 31.4. The summed E-state index contributed by atoms with van der Waals surface area (Å²) in [5.74, 6) is -0.195. The Morgan fingerprint density at radius 3 is 3.00 bits per heavy atom. The topological polar surface area (TPSA) is 23.5 Å². The molecule has 2 aliphatic rings. The fourth-order valence-corrected chi connectivity index (χ4v) is 3.76. The Bertz CT molecular complexity index is 476.